The molecule has 1 atom stereocenters. The summed E-state index contributed by atoms with van der Waals surface area (Å²) < 4.78 is 20.9. The number of hydrogen-bond donors (Lipinski definition) is 2. The van der Waals surface area contributed by atoms with Gasteiger partial charge in [-0.05, 0) is 19.1 Å². The van der Waals surface area contributed by atoms with E-state index in [9.17, 15) is 0 Å². The molecule has 0 spiro atoms. The van der Waals surface area contributed by atoms with Crippen molar-refractivity contribution in [3.05, 3.63) is 12.1 Å². The van der Waals surface area contributed by atoms with Crippen LogP contribution in [0.2, 0.25) is 0 Å². The van der Waals surface area contributed by atoms with Crippen molar-refractivity contribution < 1.29 is 18.9 Å². The third kappa shape index (κ3) is 4.95. The van der Waals surface area contributed by atoms with Crippen LogP contribution in [0.4, 0.5) is 5.69 Å². The molecule has 1 aromatic rings. The van der Waals surface area contributed by atoms with Crippen LogP contribution in [0.15, 0.2) is 12.1 Å². The normalized spacial score (nSPS) is 11.5. The highest BCUT2D eigenvalue weighted by Gasteiger charge is 2.14. The van der Waals surface area contributed by atoms with E-state index in [2.05, 4.69) is 10.6 Å². The number of benzene rings is 1. The monoisotopic (exact) mass is 314 g/mol. The maximum atomic E-state index is 5.29. The second kappa shape index (κ2) is 8.53. The molecular formula is C14H22N2O4S. The number of hydrogen-bond acceptors (Lipinski definition) is 5. The molecule has 21 heavy (non-hydrogen) atoms. The van der Waals surface area contributed by atoms with Crippen molar-refractivity contribution in [1.29, 1.82) is 0 Å². The topological polar surface area (TPSA) is 61.0 Å². The van der Waals surface area contributed by atoms with Gasteiger partial charge in [0, 0.05) is 31.0 Å². The molecule has 0 aliphatic rings. The predicted octanol–water partition coefficient (Wildman–Crippen LogP) is 2.03. The number of anilines is 1. The van der Waals surface area contributed by atoms with Crippen molar-refractivity contribution in [2.24, 2.45) is 0 Å². The minimum atomic E-state index is 0.108. The minimum absolute atomic E-state index is 0.108. The van der Waals surface area contributed by atoms with Gasteiger partial charge in [0.1, 0.15) is 0 Å². The molecule has 2 N–H and O–H groups in total. The van der Waals surface area contributed by atoms with E-state index < -0.39 is 0 Å². The first-order chi connectivity index (χ1) is 10.0. The van der Waals surface area contributed by atoms with E-state index in [0.717, 1.165) is 5.69 Å². The van der Waals surface area contributed by atoms with Crippen molar-refractivity contribution in [2.75, 3.05) is 40.4 Å². The van der Waals surface area contributed by atoms with Gasteiger partial charge < -0.3 is 29.6 Å². The molecule has 0 fully saturated rings. The first-order valence-corrected chi connectivity index (χ1v) is 6.83. The molecule has 0 aliphatic carbocycles. The summed E-state index contributed by atoms with van der Waals surface area (Å²) in [5, 5.41) is 6.69. The number of rotatable bonds is 7. The summed E-state index contributed by atoms with van der Waals surface area (Å²) in [4.78, 5) is 0. The molecule has 1 aromatic carbocycles. The van der Waals surface area contributed by atoms with Crippen LogP contribution >= 0.6 is 12.2 Å². The minimum Gasteiger partial charge on any atom is -0.493 e. The Labute approximate surface area is 130 Å². The van der Waals surface area contributed by atoms with Crippen LogP contribution in [-0.4, -0.2) is 46.2 Å². The van der Waals surface area contributed by atoms with Gasteiger partial charge in [0.15, 0.2) is 16.6 Å². The van der Waals surface area contributed by atoms with Crippen molar-refractivity contribution in [2.45, 2.75) is 13.0 Å². The highest BCUT2D eigenvalue weighted by molar-refractivity contribution is 7.80. The third-order valence-electron chi connectivity index (χ3n) is 2.72. The van der Waals surface area contributed by atoms with E-state index in [1.54, 1.807) is 40.6 Å². The Bertz CT molecular complexity index is 457. The molecule has 118 valence electrons. The standard InChI is InChI=1S/C14H22N2O4S/c1-9(8-17-2)15-14(21)16-10-6-11(18-3)13(20-5)12(7-10)19-4/h6-7,9H,8H2,1-5H3,(H2,15,16,21). The lowest BCUT2D eigenvalue weighted by molar-refractivity contribution is 0.179. The molecule has 0 aliphatic heterocycles. The highest BCUT2D eigenvalue weighted by Crippen LogP contribution is 2.39. The summed E-state index contributed by atoms with van der Waals surface area (Å²) in [5.41, 5.74) is 0.742. The van der Waals surface area contributed by atoms with Crippen molar-refractivity contribution in [3.63, 3.8) is 0 Å². The van der Waals surface area contributed by atoms with E-state index in [1.807, 2.05) is 6.92 Å². The van der Waals surface area contributed by atoms with Crippen molar-refractivity contribution in [1.82, 2.24) is 5.32 Å². The SMILES string of the molecule is COCC(C)NC(=S)Nc1cc(OC)c(OC)c(OC)c1. The predicted molar refractivity (Wildman–Crippen MR) is 86.8 cm³/mol. The van der Waals surface area contributed by atoms with Gasteiger partial charge >= 0.3 is 0 Å². The average Bonchev–Trinajstić information content (AvgIpc) is 2.45. The quantitative estimate of drug-likeness (QED) is 0.747. The number of nitrogens with one attached hydrogen (secondary N) is 2. The van der Waals surface area contributed by atoms with E-state index in [1.165, 1.54) is 0 Å². The van der Waals surface area contributed by atoms with Crippen LogP contribution < -0.4 is 24.8 Å². The summed E-state index contributed by atoms with van der Waals surface area (Å²) in [6.07, 6.45) is 0. The van der Waals surface area contributed by atoms with Gasteiger partial charge in [-0.25, -0.2) is 0 Å². The molecule has 0 saturated carbocycles. The number of methoxy groups -OCH3 is 4. The molecule has 0 heterocycles. The zero-order chi connectivity index (χ0) is 15.8. The lowest BCUT2D eigenvalue weighted by Gasteiger charge is -2.18. The maximum absolute atomic E-state index is 5.29. The molecule has 0 saturated heterocycles. The summed E-state index contributed by atoms with van der Waals surface area (Å²) in [6.45, 7) is 2.55. The van der Waals surface area contributed by atoms with Crippen LogP contribution in [0.3, 0.4) is 0 Å². The average molecular weight is 314 g/mol. The fourth-order valence-corrected chi connectivity index (χ4v) is 2.15. The van der Waals surface area contributed by atoms with Crippen LogP contribution in [0.25, 0.3) is 0 Å². The molecule has 0 radical (unpaired) electrons. The second-order valence-electron chi connectivity index (χ2n) is 4.37. The van der Waals surface area contributed by atoms with Crippen LogP contribution in [-0.2, 0) is 4.74 Å². The summed E-state index contributed by atoms with van der Waals surface area (Å²) in [5.74, 6) is 1.66. The Balaban J connectivity index is 2.86. The van der Waals surface area contributed by atoms with E-state index in [-0.39, 0.29) is 6.04 Å². The lowest BCUT2D eigenvalue weighted by atomic mass is 10.2. The van der Waals surface area contributed by atoms with Crippen LogP contribution in [0, 0.1) is 0 Å². The van der Waals surface area contributed by atoms with Gasteiger partial charge in [-0.2, -0.15) is 0 Å². The Hall–Kier alpha value is -1.73. The Morgan fingerprint density at radius 3 is 2.10 bits per heavy atom. The number of thiocarbonyl (C=S) groups is 1. The Kier molecular flexibility index (Phi) is 7.04. The molecule has 7 heteroatoms. The van der Waals surface area contributed by atoms with Gasteiger partial charge in [0.05, 0.1) is 27.9 Å². The highest BCUT2D eigenvalue weighted by atomic mass is 32.1. The van der Waals surface area contributed by atoms with Crippen LogP contribution in [0.5, 0.6) is 17.2 Å². The molecule has 0 aromatic heterocycles. The summed E-state index contributed by atoms with van der Waals surface area (Å²) in [6, 6.07) is 3.68. The zero-order valence-corrected chi connectivity index (χ0v) is 13.8. The molecule has 0 amide bonds. The number of ether oxygens (including phenoxy) is 4. The van der Waals surface area contributed by atoms with Crippen molar-refractivity contribution in [3.8, 4) is 17.2 Å². The van der Waals surface area contributed by atoms with Gasteiger partial charge in [0.25, 0.3) is 0 Å². The first kappa shape index (κ1) is 17.3. The fraction of sp³-hybridized carbons (Fsp3) is 0.500. The summed E-state index contributed by atoms with van der Waals surface area (Å²) in [7, 11) is 6.34. The molecule has 1 rings (SSSR count). The van der Waals surface area contributed by atoms with Crippen molar-refractivity contribution >= 4 is 23.0 Å². The fourth-order valence-electron chi connectivity index (χ4n) is 1.84. The van der Waals surface area contributed by atoms with Gasteiger partial charge in [-0.15, -0.1) is 0 Å². The van der Waals surface area contributed by atoms with E-state index in [4.69, 9.17) is 31.2 Å². The zero-order valence-electron chi connectivity index (χ0n) is 13.0. The van der Waals surface area contributed by atoms with Gasteiger partial charge in [-0.3, -0.25) is 0 Å². The van der Waals surface area contributed by atoms with Gasteiger partial charge in [0.2, 0.25) is 5.75 Å². The van der Waals surface area contributed by atoms with Gasteiger partial charge in [-0.1, -0.05) is 0 Å². The largest absolute Gasteiger partial charge is 0.493 e. The Morgan fingerprint density at radius 2 is 1.67 bits per heavy atom. The summed E-state index contributed by atoms with van der Waals surface area (Å²) >= 11 is 5.26. The molecule has 1 unspecified atom stereocenters. The maximum Gasteiger partial charge on any atom is 0.203 e. The van der Waals surface area contributed by atoms with E-state index >= 15 is 0 Å². The smallest absolute Gasteiger partial charge is 0.203 e. The lowest BCUT2D eigenvalue weighted by Crippen LogP contribution is -2.38. The molecule has 6 nitrogen and oxygen atoms in total. The van der Waals surface area contributed by atoms with E-state index in [0.29, 0.717) is 29.0 Å². The molecule has 0 bridgehead atoms. The van der Waals surface area contributed by atoms with Crippen LogP contribution in [0.1, 0.15) is 6.92 Å². The Morgan fingerprint density at radius 1 is 1.10 bits per heavy atom. The third-order valence-corrected chi connectivity index (χ3v) is 2.94. The molecular weight excluding hydrogens is 292 g/mol. The second-order valence-corrected chi connectivity index (χ2v) is 4.78. The first-order valence-electron chi connectivity index (χ1n) is 6.42.